The molecule has 1 aliphatic rings. The molecule has 0 aliphatic carbocycles. The number of nitrogens with two attached hydrogens (primary N) is 1. The van der Waals surface area contributed by atoms with Gasteiger partial charge in [-0.15, -0.1) is 0 Å². The molecule has 0 amide bonds. The van der Waals surface area contributed by atoms with Gasteiger partial charge in [-0.25, -0.2) is 0 Å². The van der Waals surface area contributed by atoms with Crippen molar-refractivity contribution in [2.75, 3.05) is 26.2 Å². The number of carbonyl (C=O) groups excluding carboxylic acids is 1. The number of hydrogen-bond acceptors (Lipinski definition) is 4. The Hall–Kier alpha value is -1.39. The van der Waals surface area contributed by atoms with Gasteiger partial charge < -0.3 is 10.5 Å². The molecule has 1 aromatic carbocycles. The molecule has 0 saturated carbocycles. The quantitative estimate of drug-likeness (QED) is 0.835. The van der Waals surface area contributed by atoms with E-state index in [9.17, 15) is 4.79 Å². The van der Waals surface area contributed by atoms with Crippen molar-refractivity contribution >= 4 is 5.78 Å². The van der Waals surface area contributed by atoms with E-state index >= 15 is 0 Å². The molecule has 0 spiro atoms. The van der Waals surface area contributed by atoms with Crippen LogP contribution in [-0.4, -0.2) is 43.0 Å². The fourth-order valence-corrected chi connectivity index (χ4v) is 2.54. The molecule has 2 N–H and O–H groups in total. The van der Waals surface area contributed by atoms with Crippen LogP contribution in [0.25, 0.3) is 0 Å². The molecule has 2 rings (SSSR count). The maximum absolute atomic E-state index is 11.5. The molecule has 4 heteroatoms. The lowest BCUT2D eigenvalue weighted by Crippen LogP contribution is -2.48. The van der Waals surface area contributed by atoms with Gasteiger partial charge >= 0.3 is 0 Å². The van der Waals surface area contributed by atoms with E-state index in [1.165, 1.54) is 0 Å². The molecular weight excluding hydrogens is 252 g/mol. The lowest BCUT2D eigenvalue weighted by atomic mass is 9.94. The summed E-state index contributed by atoms with van der Waals surface area (Å²) < 4.78 is 5.76. The molecular formula is C16H24N2O2. The fraction of sp³-hybridized carbons (Fsp3) is 0.562. The van der Waals surface area contributed by atoms with Crippen LogP contribution < -0.4 is 10.5 Å². The van der Waals surface area contributed by atoms with E-state index in [-0.39, 0.29) is 11.8 Å². The van der Waals surface area contributed by atoms with Gasteiger partial charge in [0, 0.05) is 19.1 Å². The topological polar surface area (TPSA) is 55.6 Å². The number of hydrogen-bond donors (Lipinski definition) is 1. The Labute approximate surface area is 120 Å². The molecule has 1 fully saturated rings. The van der Waals surface area contributed by atoms with Gasteiger partial charge in [0.2, 0.25) is 0 Å². The highest BCUT2D eigenvalue weighted by atomic mass is 16.5. The van der Waals surface area contributed by atoms with Crippen molar-refractivity contribution in [3.8, 4) is 5.75 Å². The summed E-state index contributed by atoms with van der Waals surface area (Å²) in [7, 11) is 0. The summed E-state index contributed by atoms with van der Waals surface area (Å²) in [5, 5.41) is 0. The summed E-state index contributed by atoms with van der Waals surface area (Å²) in [6.07, 6.45) is 1.14. The normalized spacial score (nSPS) is 23.6. The Balaban J connectivity index is 1.83. The van der Waals surface area contributed by atoms with Crippen LogP contribution in [0.15, 0.2) is 24.3 Å². The van der Waals surface area contributed by atoms with E-state index in [4.69, 9.17) is 10.5 Å². The highest BCUT2D eigenvalue weighted by Crippen LogP contribution is 2.19. The van der Waals surface area contributed by atoms with Crippen molar-refractivity contribution in [2.24, 2.45) is 11.7 Å². The van der Waals surface area contributed by atoms with Crippen LogP contribution in [0.1, 0.15) is 30.6 Å². The molecule has 0 bridgehead atoms. The number of carbonyl (C=O) groups is 1. The minimum Gasteiger partial charge on any atom is -0.491 e. The van der Waals surface area contributed by atoms with Crippen LogP contribution in [-0.2, 0) is 0 Å². The first-order chi connectivity index (χ1) is 9.58. The van der Waals surface area contributed by atoms with Gasteiger partial charge in [0.1, 0.15) is 12.4 Å². The number of para-hydroxylation sites is 1. The van der Waals surface area contributed by atoms with Gasteiger partial charge in [-0.1, -0.05) is 19.1 Å². The third-order valence-electron chi connectivity index (χ3n) is 4.03. The van der Waals surface area contributed by atoms with Crippen LogP contribution in [0.4, 0.5) is 0 Å². The van der Waals surface area contributed by atoms with Gasteiger partial charge in [-0.05, 0) is 37.9 Å². The third-order valence-corrected chi connectivity index (χ3v) is 4.03. The second-order valence-electron chi connectivity index (χ2n) is 5.63. The van der Waals surface area contributed by atoms with Crippen molar-refractivity contribution in [3.63, 3.8) is 0 Å². The van der Waals surface area contributed by atoms with Gasteiger partial charge in [0.05, 0.1) is 5.56 Å². The predicted octanol–water partition coefficient (Wildman–Crippen LogP) is 1.94. The molecule has 2 unspecified atom stereocenters. The van der Waals surface area contributed by atoms with Crippen molar-refractivity contribution in [1.82, 2.24) is 4.90 Å². The fourth-order valence-electron chi connectivity index (χ4n) is 2.54. The number of nitrogens with zero attached hydrogens (tertiary/aromatic N) is 1. The van der Waals surface area contributed by atoms with Gasteiger partial charge in [0.15, 0.2) is 5.78 Å². The second kappa shape index (κ2) is 6.86. The van der Waals surface area contributed by atoms with Crippen LogP contribution >= 0.6 is 0 Å². The van der Waals surface area contributed by atoms with E-state index in [1.54, 1.807) is 13.0 Å². The first-order valence-corrected chi connectivity index (χ1v) is 7.28. The number of Topliss-reactive ketones (excluding diaryl/α,β-unsaturated/α-hetero) is 1. The smallest absolute Gasteiger partial charge is 0.163 e. The van der Waals surface area contributed by atoms with E-state index in [0.29, 0.717) is 23.8 Å². The number of likely N-dealkylation sites (tertiary alicyclic amines) is 1. The number of ketones is 1. The van der Waals surface area contributed by atoms with Gasteiger partial charge in [-0.3, -0.25) is 9.69 Å². The maximum Gasteiger partial charge on any atom is 0.163 e. The Morgan fingerprint density at radius 3 is 2.90 bits per heavy atom. The van der Waals surface area contributed by atoms with Crippen LogP contribution in [0, 0.1) is 5.92 Å². The van der Waals surface area contributed by atoms with Gasteiger partial charge in [0.25, 0.3) is 0 Å². The van der Waals surface area contributed by atoms with Crippen LogP contribution in [0.3, 0.4) is 0 Å². The Kier molecular flexibility index (Phi) is 5.15. The summed E-state index contributed by atoms with van der Waals surface area (Å²) in [6.45, 7) is 7.22. The molecule has 2 atom stereocenters. The zero-order valence-electron chi connectivity index (χ0n) is 12.3. The largest absolute Gasteiger partial charge is 0.491 e. The summed E-state index contributed by atoms with van der Waals surface area (Å²) in [5.41, 5.74) is 6.74. The minimum absolute atomic E-state index is 0.0365. The van der Waals surface area contributed by atoms with Crippen LogP contribution in [0.5, 0.6) is 5.75 Å². The average Bonchev–Trinajstić information content (AvgIpc) is 2.43. The number of benzene rings is 1. The van der Waals surface area contributed by atoms with Gasteiger partial charge in [-0.2, -0.15) is 0 Å². The first-order valence-electron chi connectivity index (χ1n) is 7.28. The van der Waals surface area contributed by atoms with Crippen molar-refractivity contribution < 1.29 is 9.53 Å². The predicted molar refractivity (Wildman–Crippen MR) is 80.1 cm³/mol. The van der Waals surface area contributed by atoms with Crippen LogP contribution in [0.2, 0.25) is 0 Å². The van der Waals surface area contributed by atoms with E-state index in [2.05, 4.69) is 11.8 Å². The zero-order valence-corrected chi connectivity index (χ0v) is 12.3. The Morgan fingerprint density at radius 1 is 1.45 bits per heavy atom. The standard InChI is InChI=1S/C16H24N2O2/c1-12-7-8-18(11-15(12)17)9-10-20-16-6-4-3-5-14(16)13(2)19/h3-6,12,15H,7-11,17H2,1-2H3. The lowest BCUT2D eigenvalue weighted by Gasteiger charge is -2.34. The van der Waals surface area contributed by atoms with E-state index in [0.717, 1.165) is 26.1 Å². The molecule has 20 heavy (non-hydrogen) atoms. The lowest BCUT2D eigenvalue weighted by molar-refractivity contribution is 0.101. The molecule has 1 aromatic rings. The molecule has 1 heterocycles. The summed E-state index contributed by atoms with van der Waals surface area (Å²) >= 11 is 0. The van der Waals surface area contributed by atoms with Crippen molar-refractivity contribution in [3.05, 3.63) is 29.8 Å². The molecule has 0 aromatic heterocycles. The Morgan fingerprint density at radius 2 is 2.20 bits per heavy atom. The monoisotopic (exact) mass is 276 g/mol. The first kappa shape index (κ1) is 15.0. The zero-order chi connectivity index (χ0) is 14.5. The average molecular weight is 276 g/mol. The molecule has 1 saturated heterocycles. The van der Waals surface area contributed by atoms with E-state index < -0.39 is 0 Å². The summed E-state index contributed by atoms with van der Waals surface area (Å²) in [4.78, 5) is 13.8. The highest BCUT2D eigenvalue weighted by molar-refractivity contribution is 5.96. The maximum atomic E-state index is 11.5. The highest BCUT2D eigenvalue weighted by Gasteiger charge is 2.22. The second-order valence-corrected chi connectivity index (χ2v) is 5.63. The SMILES string of the molecule is CC(=O)c1ccccc1OCCN1CCC(C)C(N)C1. The summed E-state index contributed by atoms with van der Waals surface area (Å²) in [6, 6.07) is 7.65. The van der Waals surface area contributed by atoms with E-state index in [1.807, 2.05) is 18.2 Å². The molecule has 1 aliphatic heterocycles. The summed E-state index contributed by atoms with van der Waals surface area (Å²) in [5.74, 6) is 1.31. The molecule has 4 nitrogen and oxygen atoms in total. The number of piperidine rings is 1. The third kappa shape index (κ3) is 3.81. The van der Waals surface area contributed by atoms with Crippen molar-refractivity contribution in [2.45, 2.75) is 26.3 Å². The number of ether oxygens (including phenoxy) is 1. The molecule has 110 valence electrons. The molecule has 0 radical (unpaired) electrons. The Bertz CT molecular complexity index is 462. The van der Waals surface area contributed by atoms with Crippen molar-refractivity contribution in [1.29, 1.82) is 0 Å². The number of rotatable bonds is 5. The minimum atomic E-state index is 0.0365.